The van der Waals surface area contributed by atoms with E-state index in [0.717, 1.165) is 34.6 Å². The van der Waals surface area contributed by atoms with Crippen LogP contribution >= 0.6 is 11.6 Å². The molecule has 1 unspecified atom stereocenters. The van der Waals surface area contributed by atoms with Crippen molar-refractivity contribution in [2.75, 3.05) is 0 Å². The number of hydrogen-bond donors (Lipinski definition) is 1. The monoisotopic (exact) mass is 277 g/mol. The van der Waals surface area contributed by atoms with Crippen LogP contribution in [0.15, 0.2) is 42.5 Å². The Balaban J connectivity index is 2.03. The van der Waals surface area contributed by atoms with E-state index in [1.165, 1.54) is 6.07 Å². The molecule has 3 heteroatoms. The quantitative estimate of drug-likeness (QED) is 0.901. The van der Waals surface area contributed by atoms with Crippen LogP contribution in [-0.4, -0.2) is 6.04 Å². The maximum atomic E-state index is 13.0. The maximum absolute atomic E-state index is 13.0. The average Bonchev–Trinajstić information content (AvgIpc) is 2.33. The Morgan fingerprint density at radius 1 is 1.16 bits per heavy atom. The summed E-state index contributed by atoms with van der Waals surface area (Å²) in [5, 5.41) is 0.725. The number of benzene rings is 2. The number of aryl methyl sites for hydroxylation is 1. The summed E-state index contributed by atoms with van der Waals surface area (Å²) in [4.78, 5) is 0. The SMILES string of the molecule is Cc1cc(F)ccc1CC(N)Cc1cccc(Cl)c1. The second-order valence-electron chi connectivity index (χ2n) is 4.87. The second-order valence-corrected chi connectivity index (χ2v) is 5.31. The van der Waals surface area contributed by atoms with E-state index >= 15 is 0 Å². The number of nitrogens with two attached hydrogens (primary N) is 1. The zero-order valence-electron chi connectivity index (χ0n) is 10.9. The van der Waals surface area contributed by atoms with Crippen LogP contribution in [0.4, 0.5) is 4.39 Å². The van der Waals surface area contributed by atoms with Gasteiger partial charge in [-0.15, -0.1) is 0 Å². The van der Waals surface area contributed by atoms with Gasteiger partial charge in [0.1, 0.15) is 5.82 Å². The molecule has 0 saturated carbocycles. The molecule has 0 heterocycles. The van der Waals surface area contributed by atoms with Gasteiger partial charge in [0.05, 0.1) is 0 Å². The molecule has 0 spiro atoms. The second kappa shape index (κ2) is 6.18. The van der Waals surface area contributed by atoms with Crippen molar-refractivity contribution in [1.82, 2.24) is 0 Å². The van der Waals surface area contributed by atoms with Crippen LogP contribution in [0.25, 0.3) is 0 Å². The first kappa shape index (κ1) is 14.0. The van der Waals surface area contributed by atoms with Gasteiger partial charge in [0.2, 0.25) is 0 Å². The van der Waals surface area contributed by atoms with Crippen molar-refractivity contribution in [3.63, 3.8) is 0 Å². The van der Waals surface area contributed by atoms with Crippen LogP contribution in [0.1, 0.15) is 16.7 Å². The van der Waals surface area contributed by atoms with E-state index in [1.54, 1.807) is 6.07 Å². The van der Waals surface area contributed by atoms with Crippen molar-refractivity contribution in [3.8, 4) is 0 Å². The van der Waals surface area contributed by atoms with Crippen molar-refractivity contribution in [1.29, 1.82) is 0 Å². The van der Waals surface area contributed by atoms with Crippen molar-refractivity contribution in [3.05, 3.63) is 70.0 Å². The third kappa shape index (κ3) is 4.05. The average molecular weight is 278 g/mol. The minimum atomic E-state index is -0.204. The van der Waals surface area contributed by atoms with Gasteiger partial charge in [0, 0.05) is 11.1 Å². The molecule has 19 heavy (non-hydrogen) atoms. The summed E-state index contributed by atoms with van der Waals surface area (Å²) in [5.74, 6) is -0.204. The smallest absolute Gasteiger partial charge is 0.123 e. The molecule has 0 radical (unpaired) electrons. The summed E-state index contributed by atoms with van der Waals surface area (Å²) in [6, 6.07) is 12.6. The highest BCUT2D eigenvalue weighted by molar-refractivity contribution is 6.30. The highest BCUT2D eigenvalue weighted by atomic mass is 35.5. The first-order chi connectivity index (χ1) is 9.04. The molecule has 0 saturated heterocycles. The van der Waals surface area contributed by atoms with Crippen LogP contribution in [0.3, 0.4) is 0 Å². The Bertz CT molecular complexity index is 568. The molecule has 1 atom stereocenters. The molecule has 2 aromatic carbocycles. The number of rotatable bonds is 4. The molecule has 0 bridgehead atoms. The minimum absolute atomic E-state index is 0.00243. The lowest BCUT2D eigenvalue weighted by Gasteiger charge is -2.14. The number of halogens is 2. The van der Waals surface area contributed by atoms with E-state index in [0.29, 0.717) is 0 Å². The van der Waals surface area contributed by atoms with E-state index in [2.05, 4.69) is 0 Å². The Kier molecular flexibility index (Phi) is 4.56. The Labute approximate surface area is 118 Å². The molecule has 0 aliphatic rings. The molecule has 0 amide bonds. The van der Waals surface area contributed by atoms with Gasteiger partial charge in [0.15, 0.2) is 0 Å². The molecular formula is C16H17ClFN. The highest BCUT2D eigenvalue weighted by Gasteiger charge is 2.08. The predicted molar refractivity (Wildman–Crippen MR) is 78.0 cm³/mol. The highest BCUT2D eigenvalue weighted by Crippen LogP contribution is 2.15. The van der Waals surface area contributed by atoms with Gasteiger partial charge in [-0.25, -0.2) is 4.39 Å². The summed E-state index contributed by atoms with van der Waals surface area (Å²) in [5.41, 5.74) is 9.32. The van der Waals surface area contributed by atoms with Crippen LogP contribution in [0.2, 0.25) is 5.02 Å². The van der Waals surface area contributed by atoms with Crippen molar-refractivity contribution in [2.45, 2.75) is 25.8 Å². The van der Waals surface area contributed by atoms with E-state index in [-0.39, 0.29) is 11.9 Å². The lowest BCUT2D eigenvalue weighted by Crippen LogP contribution is -2.25. The van der Waals surface area contributed by atoms with Gasteiger partial charge in [-0.05, 0) is 60.7 Å². The van der Waals surface area contributed by atoms with E-state index in [4.69, 9.17) is 17.3 Å². The minimum Gasteiger partial charge on any atom is -0.327 e. The van der Waals surface area contributed by atoms with Crippen LogP contribution < -0.4 is 5.73 Å². The van der Waals surface area contributed by atoms with E-state index in [1.807, 2.05) is 37.3 Å². The fourth-order valence-corrected chi connectivity index (χ4v) is 2.42. The zero-order valence-corrected chi connectivity index (χ0v) is 11.6. The van der Waals surface area contributed by atoms with E-state index in [9.17, 15) is 4.39 Å². The Morgan fingerprint density at radius 3 is 2.63 bits per heavy atom. The van der Waals surface area contributed by atoms with Crippen LogP contribution in [-0.2, 0) is 12.8 Å². The fraction of sp³-hybridized carbons (Fsp3) is 0.250. The van der Waals surface area contributed by atoms with Gasteiger partial charge in [-0.2, -0.15) is 0 Å². The van der Waals surface area contributed by atoms with Gasteiger partial charge in [-0.1, -0.05) is 29.8 Å². The molecule has 0 aliphatic carbocycles. The van der Waals surface area contributed by atoms with Gasteiger partial charge >= 0.3 is 0 Å². The van der Waals surface area contributed by atoms with Crippen molar-refractivity contribution < 1.29 is 4.39 Å². The summed E-state index contributed by atoms with van der Waals surface area (Å²) >= 11 is 5.95. The lowest BCUT2D eigenvalue weighted by atomic mass is 9.97. The third-order valence-electron chi connectivity index (χ3n) is 3.17. The zero-order chi connectivity index (χ0) is 13.8. The molecule has 100 valence electrons. The summed E-state index contributed by atoms with van der Waals surface area (Å²) in [6.45, 7) is 1.91. The standard InChI is InChI=1S/C16H17ClFN/c1-11-7-15(18)6-5-13(11)10-16(19)9-12-3-2-4-14(17)8-12/h2-8,16H,9-10,19H2,1H3. The third-order valence-corrected chi connectivity index (χ3v) is 3.41. The van der Waals surface area contributed by atoms with Gasteiger partial charge in [-0.3, -0.25) is 0 Å². The first-order valence-electron chi connectivity index (χ1n) is 6.29. The maximum Gasteiger partial charge on any atom is 0.123 e. The van der Waals surface area contributed by atoms with Crippen molar-refractivity contribution >= 4 is 11.6 Å². The molecule has 0 fully saturated rings. The van der Waals surface area contributed by atoms with Crippen LogP contribution in [0.5, 0.6) is 0 Å². The largest absolute Gasteiger partial charge is 0.327 e. The lowest BCUT2D eigenvalue weighted by molar-refractivity contribution is 0.621. The molecule has 1 nitrogen and oxygen atoms in total. The Hall–Kier alpha value is -1.38. The molecule has 2 rings (SSSR count). The van der Waals surface area contributed by atoms with Crippen molar-refractivity contribution in [2.24, 2.45) is 5.73 Å². The topological polar surface area (TPSA) is 26.0 Å². The normalized spacial score (nSPS) is 12.4. The molecular weight excluding hydrogens is 261 g/mol. The number of hydrogen-bond acceptors (Lipinski definition) is 1. The van der Waals surface area contributed by atoms with Gasteiger partial charge in [0.25, 0.3) is 0 Å². The Morgan fingerprint density at radius 2 is 1.95 bits per heavy atom. The predicted octanol–water partition coefficient (Wildman–Crippen LogP) is 3.90. The fourth-order valence-electron chi connectivity index (χ4n) is 2.21. The molecule has 0 aromatic heterocycles. The summed E-state index contributed by atoms with van der Waals surface area (Å²) in [7, 11) is 0. The first-order valence-corrected chi connectivity index (χ1v) is 6.67. The summed E-state index contributed by atoms with van der Waals surface area (Å²) in [6.07, 6.45) is 1.50. The molecule has 2 N–H and O–H groups in total. The summed E-state index contributed by atoms with van der Waals surface area (Å²) < 4.78 is 13.0. The molecule has 0 aliphatic heterocycles. The van der Waals surface area contributed by atoms with Gasteiger partial charge < -0.3 is 5.73 Å². The molecule has 2 aromatic rings. The van der Waals surface area contributed by atoms with E-state index < -0.39 is 0 Å². The van der Waals surface area contributed by atoms with Crippen LogP contribution in [0, 0.1) is 12.7 Å².